The Kier molecular flexibility index (Phi) is 6.47. The van der Waals surface area contributed by atoms with Crippen molar-refractivity contribution in [2.24, 2.45) is 5.92 Å². The minimum Gasteiger partial charge on any atom is -0.356 e. The van der Waals surface area contributed by atoms with Crippen LogP contribution in [0.25, 0.3) is 22.8 Å². The van der Waals surface area contributed by atoms with Gasteiger partial charge >= 0.3 is 0 Å². The molecule has 2 aromatic carbocycles. The van der Waals surface area contributed by atoms with Gasteiger partial charge in [-0.25, -0.2) is 13.8 Å². The zero-order chi connectivity index (χ0) is 24.2. The van der Waals surface area contributed by atoms with Crippen LogP contribution < -0.4 is 10.2 Å². The lowest BCUT2D eigenvalue weighted by molar-refractivity contribution is -0.125. The lowest BCUT2D eigenvalue weighted by atomic mass is 9.95. The summed E-state index contributed by atoms with van der Waals surface area (Å²) < 4.78 is 32.5. The van der Waals surface area contributed by atoms with Crippen molar-refractivity contribution in [3.63, 3.8) is 0 Å². The zero-order valence-electron chi connectivity index (χ0n) is 18.8. The minimum atomic E-state index is -0.667. The number of nitrogens with one attached hydrogen (secondary N) is 1. The summed E-state index contributed by atoms with van der Waals surface area (Å²) in [5, 5.41) is 6.88. The van der Waals surface area contributed by atoms with Gasteiger partial charge in [0.05, 0.1) is 5.56 Å². The number of benzene rings is 2. The number of anilines is 1. The fourth-order valence-electron chi connectivity index (χ4n) is 4.20. The van der Waals surface area contributed by atoms with Gasteiger partial charge in [-0.15, -0.1) is 0 Å². The Morgan fingerprint density at radius 1 is 1.06 bits per heavy atom. The summed E-state index contributed by atoms with van der Waals surface area (Å²) in [6.45, 7) is 1.26. The van der Waals surface area contributed by atoms with E-state index in [-0.39, 0.29) is 23.9 Å². The molecule has 0 saturated carbocycles. The maximum atomic E-state index is 13.8. The molecule has 9 heteroatoms. The molecule has 1 aliphatic rings. The number of pyridine rings is 1. The topological polar surface area (TPSA) is 84.2 Å². The molecule has 0 aliphatic carbocycles. The molecule has 1 aliphatic heterocycles. The van der Waals surface area contributed by atoms with Crippen LogP contribution in [0.1, 0.15) is 18.4 Å². The molecule has 1 saturated heterocycles. The van der Waals surface area contributed by atoms with E-state index in [1.165, 1.54) is 12.1 Å². The predicted octanol–water partition coefficient (Wildman–Crippen LogP) is 4.61. The van der Waals surface area contributed by atoms with E-state index in [2.05, 4.69) is 25.3 Å². The molecule has 178 valence electrons. The molecule has 0 spiro atoms. The monoisotopic (exact) mass is 475 g/mol. The summed E-state index contributed by atoms with van der Waals surface area (Å²) in [6, 6.07) is 16.6. The van der Waals surface area contributed by atoms with Crippen LogP contribution in [0.2, 0.25) is 0 Å². The summed E-state index contributed by atoms with van der Waals surface area (Å²) in [5.74, 6) is -0.0385. The van der Waals surface area contributed by atoms with Crippen LogP contribution in [-0.2, 0) is 11.3 Å². The van der Waals surface area contributed by atoms with Gasteiger partial charge in [-0.3, -0.25) is 4.79 Å². The number of hydrogen-bond acceptors (Lipinski definition) is 6. The van der Waals surface area contributed by atoms with Gasteiger partial charge in [0.15, 0.2) is 0 Å². The zero-order valence-corrected chi connectivity index (χ0v) is 18.8. The molecule has 1 fully saturated rings. The van der Waals surface area contributed by atoms with Gasteiger partial charge in [-0.05, 0) is 31.0 Å². The number of carbonyl (C=O) groups is 1. The van der Waals surface area contributed by atoms with Gasteiger partial charge in [-0.1, -0.05) is 41.6 Å². The van der Waals surface area contributed by atoms with E-state index < -0.39 is 11.6 Å². The average molecular weight is 475 g/mol. The molecular formula is C26H23F2N5O2. The van der Waals surface area contributed by atoms with Crippen LogP contribution in [0.15, 0.2) is 71.4 Å². The van der Waals surface area contributed by atoms with Crippen molar-refractivity contribution in [3.05, 3.63) is 84.1 Å². The van der Waals surface area contributed by atoms with E-state index >= 15 is 0 Å². The lowest BCUT2D eigenvalue weighted by Gasteiger charge is -2.32. The highest BCUT2D eigenvalue weighted by molar-refractivity contribution is 5.79. The van der Waals surface area contributed by atoms with E-state index in [4.69, 9.17) is 4.52 Å². The molecule has 5 rings (SSSR count). The van der Waals surface area contributed by atoms with Gasteiger partial charge < -0.3 is 14.7 Å². The Balaban J connectivity index is 1.23. The normalized spacial score (nSPS) is 14.2. The summed E-state index contributed by atoms with van der Waals surface area (Å²) >= 11 is 0. The smallest absolute Gasteiger partial charge is 0.261 e. The number of amides is 1. The molecule has 1 amide bonds. The molecular weight excluding hydrogens is 452 g/mol. The van der Waals surface area contributed by atoms with Crippen molar-refractivity contribution in [3.8, 4) is 22.8 Å². The standard InChI is InChI=1S/C26H23F2N5O2/c27-20-9-8-19(22(28)15-20)16-30-25(34)18-10-13-33(14-11-18)24-21(7-4-12-29-24)26-31-23(32-35-26)17-5-2-1-3-6-17/h1-9,12,15,18H,10-11,13-14,16H2,(H,30,34). The van der Waals surface area contributed by atoms with Crippen LogP contribution in [0.4, 0.5) is 14.6 Å². The SMILES string of the molecule is O=C(NCc1ccc(F)cc1F)C1CCN(c2ncccc2-c2nc(-c3ccccc3)no2)CC1. The first-order chi connectivity index (χ1) is 17.1. The van der Waals surface area contributed by atoms with Crippen LogP contribution in [0.5, 0.6) is 0 Å². The molecule has 0 bridgehead atoms. The van der Waals surface area contributed by atoms with E-state index in [9.17, 15) is 13.6 Å². The van der Waals surface area contributed by atoms with Gasteiger partial charge in [0, 0.05) is 48.9 Å². The molecule has 0 atom stereocenters. The second-order valence-corrected chi connectivity index (χ2v) is 8.38. The summed E-state index contributed by atoms with van der Waals surface area (Å²) in [5.41, 5.74) is 1.85. The molecule has 2 aromatic heterocycles. The van der Waals surface area contributed by atoms with Crippen LogP contribution in [-0.4, -0.2) is 34.1 Å². The highest BCUT2D eigenvalue weighted by atomic mass is 19.1. The van der Waals surface area contributed by atoms with Crippen molar-refractivity contribution in [1.29, 1.82) is 0 Å². The highest BCUT2D eigenvalue weighted by Gasteiger charge is 2.28. The van der Waals surface area contributed by atoms with Crippen molar-refractivity contribution >= 4 is 11.7 Å². The van der Waals surface area contributed by atoms with Crippen LogP contribution >= 0.6 is 0 Å². The largest absolute Gasteiger partial charge is 0.356 e. The van der Waals surface area contributed by atoms with Crippen molar-refractivity contribution in [2.45, 2.75) is 19.4 Å². The number of rotatable bonds is 6. The van der Waals surface area contributed by atoms with E-state index in [1.807, 2.05) is 42.5 Å². The predicted molar refractivity (Wildman–Crippen MR) is 126 cm³/mol. The van der Waals surface area contributed by atoms with Crippen molar-refractivity contribution in [1.82, 2.24) is 20.4 Å². The number of halogens is 2. The maximum absolute atomic E-state index is 13.8. The maximum Gasteiger partial charge on any atom is 0.261 e. The van der Waals surface area contributed by atoms with E-state index in [0.717, 1.165) is 23.0 Å². The fourth-order valence-corrected chi connectivity index (χ4v) is 4.20. The number of carbonyl (C=O) groups excluding carboxylic acids is 1. The molecule has 4 aromatic rings. The Morgan fingerprint density at radius 2 is 1.86 bits per heavy atom. The Hall–Kier alpha value is -4.14. The minimum absolute atomic E-state index is 0.0243. The first-order valence-electron chi connectivity index (χ1n) is 11.4. The highest BCUT2D eigenvalue weighted by Crippen LogP contribution is 2.32. The molecule has 7 nitrogen and oxygen atoms in total. The van der Waals surface area contributed by atoms with Crippen molar-refractivity contribution < 1.29 is 18.1 Å². The lowest BCUT2D eigenvalue weighted by Crippen LogP contribution is -2.41. The second kappa shape index (κ2) is 10.0. The van der Waals surface area contributed by atoms with Crippen LogP contribution in [0, 0.1) is 17.6 Å². The summed E-state index contributed by atoms with van der Waals surface area (Å²) in [6.07, 6.45) is 2.95. The van der Waals surface area contributed by atoms with Gasteiger partial charge in [0.1, 0.15) is 17.5 Å². The number of nitrogens with zero attached hydrogens (tertiary/aromatic N) is 4. The quantitative estimate of drug-likeness (QED) is 0.439. The second-order valence-electron chi connectivity index (χ2n) is 8.38. The van der Waals surface area contributed by atoms with E-state index in [1.54, 1.807) is 6.20 Å². The summed E-state index contributed by atoms with van der Waals surface area (Å²) in [4.78, 5) is 23.8. The molecule has 1 N–H and O–H groups in total. The number of hydrogen-bond donors (Lipinski definition) is 1. The molecule has 3 heterocycles. The third-order valence-electron chi connectivity index (χ3n) is 6.11. The van der Waals surface area contributed by atoms with Gasteiger partial charge in [0.2, 0.25) is 11.7 Å². The van der Waals surface area contributed by atoms with Crippen LogP contribution in [0.3, 0.4) is 0 Å². The first-order valence-corrected chi connectivity index (χ1v) is 11.4. The Morgan fingerprint density at radius 3 is 2.63 bits per heavy atom. The van der Waals surface area contributed by atoms with Crippen molar-refractivity contribution in [2.75, 3.05) is 18.0 Å². The Labute approximate surface area is 200 Å². The first kappa shape index (κ1) is 22.6. The fraction of sp³-hybridized carbons (Fsp3) is 0.231. The molecule has 0 radical (unpaired) electrons. The third kappa shape index (κ3) is 5.03. The van der Waals surface area contributed by atoms with E-state index in [0.29, 0.717) is 37.6 Å². The van der Waals surface area contributed by atoms with Gasteiger partial charge in [-0.2, -0.15) is 4.98 Å². The number of aromatic nitrogens is 3. The number of piperidine rings is 1. The molecule has 0 unspecified atom stereocenters. The third-order valence-corrected chi connectivity index (χ3v) is 6.11. The molecule has 35 heavy (non-hydrogen) atoms. The average Bonchev–Trinajstić information content (AvgIpc) is 3.39. The van der Waals surface area contributed by atoms with Gasteiger partial charge in [0.25, 0.3) is 5.89 Å². The Bertz CT molecular complexity index is 1320. The summed E-state index contributed by atoms with van der Waals surface area (Å²) in [7, 11) is 0.